The Kier molecular flexibility index (Phi) is 7.37. The lowest BCUT2D eigenvalue weighted by Gasteiger charge is -2.13. The highest BCUT2D eigenvalue weighted by Gasteiger charge is 2.20. The van der Waals surface area contributed by atoms with Crippen LogP contribution in [0.4, 0.5) is 17.1 Å². The first-order valence-corrected chi connectivity index (χ1v) is 11.6. The van der Waals surface area contributed by atoms with Gasteiger partial charge in [-0.15, -0.1) is 0 Å². The van der Waals surface area contributed by atoms with Gasteiger partial charge in [0.2, 0.25) is 11.8 Å². The molecule has 178 valence electrons. The van der Waals surface area contributed by atoms with Crippen LogP contribution in [0.25, 0.3) is 12.2 Å². The molecule has 0 unspecified atom stereocenters. The van der Waals surface area contributed by atoms with Gasteiger partial charge in [0, 0.05) is 25.2 Å². The number of rotatable bonds is 8. The predicted octanol–water partition coefficient (Wildman–Crippen LogP) is 3.88. The van der Waals surface area contributed by atoms with Gasteiger partial charge in [0.1, 0.15) is 22.0 Å². The number of carbonyl (C=O) groups excluding carboxylic acids is 2. The van der Waals surface area contributed by atoms with Crippen LogP contribution in [0.15, 0.2) is 51.9 Å². The Hall–Kier alpha value is -4.12. The third-order valence-electron chi connectivity index (χ3n) is 4.55. The van der Waals surface area contributed by atoms with Gasteiger partial charge in [0.25, 0.3) is 10.0 Å². The zero-order valence-electron chi connectivity index (χ0n) is 19.0. The van der Waals surface area contributed by atoms with Crippen molar-refractivity contribution in [2.24, 2.45) is 0 Å². The lowest BCUT2D eigenvalue weighted by molar-refractivity contribution is -0.115. The molecule has 0 saturated carbocycles. The normalized spacial score (nSPS) is 11.3. The van der Waals surface area contributed by atoms with E-state index in [1.807, 2.05) is 0 Å². The van der Waals surface area contributed by atoms with Crippen LogP contribution < -0.4 is 20.1 Å². The van der Waals surface area contributed by atoms with E-state index < -0.39 is 10.0 Å². The zero-order chi connectivity index (χ0) is 24.9. The monoisotopic (exact) mass is 484 g/mol. The molecular weight excluding hydrogens is 460 g/mol. The van der Waals surface area contributed by atoms with E-state index in [1.165, 1.54) is 45.2 Å². The molecule has 10 nitrogen and oxygen atoms in total. The molecule has 3 N–H and O–H groups in total. The number of anilines is 3. The molecule has 3 rings (SSSR count). The van der Waals surface area contributed by atoms with Crippen molar-refractivity contribution in [3.63, 3.8) is 0 Å². The van der Waals surface area contributed by atoms with Gasteiger partial charge < -0.3 is 19.9 Å². The van der Waals surface area contributed by atoms with Crippen molar-refractivity contribution in [3.05, 3.63) is 59.5 Å². The van der Waals surface area contributed by atoms with Crippen LogP contribution in [0.2, 0.25) is 0 Å². The summed E-state index contributed by atoms with van der Waals surface area (Å²) in [7, 11) is -2.63. The zero-order valence-corrected chi connectivity index (χ0v) is 19.8. The lowest BCUT2D eigenvalue weighted by Crippen LogP contribution is -2.14. The number of carbonyl (C=O) groups is 2. The maximum Gasteiger partial charge on any atom is 0.265 e. The van der Waals surface area contributed by atoms with Gasteiger partial charge in [0.15, 0.2) is 5.76 Å². The fourth-order valence-corrected chi connectivity index (χ4v) is 4.31. The molecule has 0 radical (unpaired) electrons. The molecule has 0 aliphatic rings. The van der Waals surface area contributed by atoms with Gasteiger partial charge in [-0.1, -0.05) is 17.3 Å². The summed E-state index contributed by atoms with van der Waals surface area (Å²) in [6.45, 7) is 4.45. The van der Waals surface area contributed by atoms with E-state index in [0.29, 0.717) is 34.1 Å². The van der Waals surface area contributed by atoms with E-state index in [9.17, 15) is 18.0 Å². The van der Waals surface area contributed by atoms with Crippen molar-refractivity contribution >= 4 is 51.1 Å². The number of amides is 2. The van der Waals surface area contributed by atoms with E-state index in [1.54, 1.807) is 37.3 Å². The Balaban J connectivity index is 1.88. The highest BCUT2D eigenvalue weighted by molar-refractivity contribution is 7.92. The summed E-state index contributed by atoms with van der Waals surface area (Å²) < 4.78 is 39.2. The number of hydrogen-bond acceptors (Lipinski definition) is 7. The smallest absolute Gasteiger partial charge is 0.265 e. The summed E-state index contributed by atoms with van der Waals surface area (Å²) in [6.07, 6.45) is 3.21. The average molecular weight is 485 g/mol. The van der Waals surface area contributed by atoms with E-state index in [4.69, 9.17) is 9.26 Å². The summed E-state index contributed by atoms with van der Waals surface area (Å²) >= 11 is 0. The second-order valence-electron chi connectivity index (χ2n) is 7.30. The summed E-state index contributed by atoms with van der Waals surface area (Å²) in [5.74, 6) is -0.0122. The highest BCUT2D eigenvalue weighted by atomic mass is 32.2. The third-order valence-corrected chi connectivity index (χ3v) is 5.95. The Morgan fingerprint density at radius 1 is 0.971 bits per heavy atom. The molecule has 0 spiro atoms. The van der Waals surface area contributed by atoms with Gasteiger partial charge in [0.05, 0.1) is 7.11 Å². The number of hydrogen-bond donors (Lipinski definition) is 3. The fourth-order valence-electron chi connectivity index (χ4n) is 3.04. The highest BCUT2D eigenvalue weighted by Crippen LogP contribution is 2.29. The molecule has 0 saturated heterocycles. The molecule has 0 bridgehead atoms. The maximum absolute atomic E-state index is 13.1. The van der Waals surface area contributed by atoms with Gasteiger partial charge >= 0.3 is 0 Å². The van der Waals surface area contributed by atoms with Crippen LogP contribution in [0, 0.1) is 6.92 Å². The van der Waals surface area contributed by atoms with Crippen molar-refractivity contribution < 1.29 is 27.3 Å². The first kappa shape index (κ1) is 24.5. The van der Waals surface area contributed by atoms with E-state index in [0.717, 1.165) is 0 Å². The van der Waals surface area contributed by atoms with Crippen LogP contribution in [0.5, 0.6) is 5.75 Å². The topological polar surface area (TPSA) is 140 Å². The largest absolute Gasteiger partial charge is 0.495 e. The number of nitrogens with zero attached hydrogens (tertiary/aromatic N) is 1. The molecule has 0 atom stereocenters. The molecule has 1 heterocycles. The van der Waals surface area contributed by atoms with Crippen LogP contribution >= 0.6 is 0 Å². The van der Waals surface area contributed by atoms with Gasteiger partial charge in [-0.3, -0.25) is 14.3 Å². The SMILES string of the molecule is COc1ccc(C=Cc2onc(C)c2NC(C)=O)cc1S(=O)(=O)Nc1ccc(NC(C)=O)cc1. The molecule has 3 aromatic rings. The van der Waals surface area contributed by atoms with Crippen LogP contribution in [-0.2, 0) is 19.6 Å². The third kappa shape index (κ3) is 6.01. The van der Waals surface area contributed by atoms with Gasteiger partial charge in [-0.05, 0) is 55.0 Å². The Morgan fingerprint density at radius 2 is 1.62 bits per heavy atom. The molecule has 11 heteroatoms. The number of aryl methyl sites for hydroxylation is 1. The van der Waals surface area contributed by atoms with Crippen molar-refractivity contribution in [3.8, 4) is 5.75 Å². The maximum atomic E-state index is 13.1. The minimum absolute atomic E-state index is 0.0704. The van der Waals surface area contributed by atoms with Crippen molar-refractivity contribution in [2.45, 2.75) is 25.7 Å². The minimum atomic E-state index is -4.01. The quantitative estimate of drug-likeness (QED) is 0.441. The number of methoxy groups -OCH3 is 1. The second-order valence-corrected chi connectivity index (χ2v) is 8.95. The number of sulfonamides is 1. The molecule has 2 amide bonds. The van der Waals surface area contributed by atoms with Crippen LogP contribution in [0.3, 0.4) is 0 Å². The summed E-state index contributed by atoms with van der Waals surface area (Å²) in [5, 5.41) is 9.12. The average Bonchev–Trinajstić information content (AvgIpc) is 3.11. The second kappa shape index (κ2) is 10.2. The molecule has 0 fully saturated rings. The first-order valence-electron chi connectivity index (χ1n) is 10.1. The molecule has 0 aliphatic heterocycles. The van der Waals surface area contributed by atoms with Gasteiger partial charge in [-0.25, -0.2) is 8.42 Å². The summed E-state index contributed by atoms with van der Waals surface area (Å²) in [4.78, 5) is 22.5. The number of ether oxygens (including phenoxy) is 1. The predicted molar refractivity (Wildman–Crippen MR) is 129 cm³/mol. The van der Waals surface area contributed by atoms with E-state index in [2.05, 4.69) is 20.5 Å². The first-order chi connectivity index (χ1) is 16.1. The van der Waals surface area contributed by atoms with Crippen molar-refractivity contribution in [1.29, 1.82) is 0 Å². The van der Waals surface area contributed by atoms with Crippen LogP contribution in [-0.4, -0.2) is 32.5 Å². The standard InChI is InChI=1S/C23H24N4O6S/c1-14-23(25-16(3)29)21(33-26-14)12-6-17-5-11-20(32-4)22(13-17)34(30,31)27-19-9-7-18(8-10-19)24-15(2)28/h5-13,27H,1-4H3,(H,24,28)(H,25,29). The van der Waals surface area contributed by atoms with Crippen LogP contribution in [0.1, 0.15) is 30.9 Å². The molecular formula is C23H24N4O6S. The number of nitrogens with one attached hydrogen (secondary N) is 3. The van der Waals surface area contributed by atoms with E-state index >= 15 is 0 Å². The van der Waals surface area contributed by atoms with Gasteiger partial charge in [-0.2, -0.15) is 0 Å². The van der Waals surface area contributed by atoms with E-state index in [-0.39, 0.29) is 22.5 Å². The summed E-state index contributed by atoms with van der Waals surface area (Å²) in [6, 6.07) is 10.9. The fraction of sp³-hybridized carbons (Fsp3) is 0.174. The summed E-state index contributed by atoms with van der Waals surface area (Å²) in [5.41, 5.74) is 2.36. The number of benzene rings is 2. The van der Waals surface area contributed by atoms with Crippen molar-refractivity contribution in [2.75, 3.05) is 22.5 Å². The lowest BCUT2D eigenvalue weighted by atomic mass is 10.2. The van der Waals surface area contributed by atoms with Crippen molar-refractivity contribution in [1.82, 2.24) is 5.16 Å². The minimum Gasteiger partial charge on any atom is -0.495 e. The Morgan fingerprint density at radius 3 is 2.24 bits per heavy atom. The Labute approximate surface area is 197 Å². The number of aromatic nitrogens is 1. The molecule has 34 heavy (non-hydrogen) atoms. The molecule has 2 aromatic carbocycles. The Bertz CT molecular complexity index is 1340. The molecule has 0 aliphatic carbocycles. The molecule has 1 aromatic heterocycles.